The van der Waals surface area contributed by atoms with Gasteiger partial charge in [-0.15, -0.1) is 0 Å². The van der Waals surface area contributed by atoms with E-state index < -0.39 is 0 Å². The van der Waals surface area contributed by atoms with Gasteiger partial charge in [0.1, 0.15) is 5.82 Å². The first-order valence-corrected chi connectivity index (χ1v) is 7.56. The molecule has 0 fully saturated rings. The van der Waals surface area contributed by atoms with Crippen molar-refractivity contribution < 1.29 is 9.50 Å². The fourth-order valence-corrected chi connectivity index (χ4v) is 2.83. The molecule has 4 heteroatoms. The molecule has 106 valence electrons. The van der Waals surface area contributed by atoms with Crippen LogP contribution in [-0.2, 0) is 12.8 Å². The van der Waals surface area contributed by atoms with Gasteiger partial charge in [0.15, 0.2) is 0 Å². The predicted octanol–water partition coefficient (Wildman–Crippen LogP) is 4.64. The number of hydrogen-bond donors (Lipinski definition) is 1. The maximum Gasteiger partial charge on any atom is 0.137 e. The third-order valence-corrected chi connectivity index (χ3v) is 4.52. The van der Waals surface area contributed by atoms with Crippen LogP contribution in [0.5, 0.6) is 0 Å². The van der Waals surface area contributed by atoms with E-state index >= 15 is 0 Å². The fourth-order valence-electron chi connectivity index (χ4n) is 2.19. The van der Waals surface area contributed by atoms with E-state index in [1.807, 2.05) is 30.3 Å². The van der Waals surface area contributed by atoms with Crippen LogP contribution in [0.1, 0.15) is 11.1 Å². The first-order chi connectivity index (χ1) is 9.61. The van der Waals surface area contributed by atoms with Gasteiger partial charge in [-0.25, -0.2) is 4.39 Å². The molecule has 0 bridgehead atoms. The number of hydrogen-bond acceptors (Lipinski definition) is 1. The Hall–Kier alpha value is -0.900. The highest BCUT2D eigenvalue weighted by molar-refractivity contribution is 9.10. The Bertz CT molecular complexity index is 588. The van der Waals surface area contributed by atoms with E-state index in [-0.39, 0.29) is 18.3 Å². The van der Waals surface area contributed by atoms with Crippen LogP contribution in [0, 0.1) is 11.7 Å². The quantitative estimate of drug-likeness (QED) is 0.827. The second-order valence-electron chi connectivity index (χ2n) is 4.76. The molecule has 2 aromatic rings. The minimum absolute atomic E-state index is 0.00741. The molecule has 0 saturated heterocycles. The summed E-state index contributed by atoms with van der Waals surface area (Å²) in [4.78, 5) is 0. The zero-order valence-corrected chi connectivity index (χ0v) is 13.2. The summed E-state index contributed by atoms with van der Waals surface area (Å²) in [5.41, 5.74) is 1.86. The Balaban J connectivity index is 2.14. The Kier molecular flexibility index (Phi) is 5.58. The molecule has 2 aromatic carbocycles. The Morgan fingerprint density at radius 3 is 2.40 bits per heavy atom. The van der Waals surface area contributed by atoms with Gasteiger partial charge in [0, 0.05) is 11.6 Å². The van der Waals surface area contributed by atoms with Gasteiger partial charge in [-0.05, 0) is 57.9 Å². The van der Waals surface area contributed by atoms with Gasteiger partial charge in [-0.3, -0.25) is 0 Å². The van der Waals surface area contributed by atoms with Crippen molar-refractivity contribution in [1.82, 2.24) is 0 Å². The van der Waals surface area contributed by atoms with E-state index in [2.05, 4.69) is 15.9 Å². The molecular formula is C16H15BrClFO. The molecule has 0 heterocycles. The minimum Gasteiger partial charge on any atom is -0.396 e. The third kappa shape index (κ3) is 3.81. The topological polar surface area (TPSA) is 20.2 Å². The zero-order chi connectivity index (χ0) is 14.5. The van der Waals surface area contributed by atoms with Crippen molar-refractivity contribution in [3.8, 4) is 0 Å². The van der Waals surface area contributed by atoms with Gasteiger partial charge in [0.25, 0.3) is 0 Å². The molecule has 0 aliphatic heterocycles. The van der Waals surface area contributed by atoms with Crippen LogP contribution >= 0.6 is 27.5 Å². The van der Waals surface area contributed by atoms with Gasteiger partial charge in [-0.2, -0.15) is 0 Å². The SMILES string of the molecule is OCC(Cc1ccccc1Cl)Cc1cccc(F)c1Br. The third-order valence-electron chi connectivity index (χ3n) is 3.26. The summed E-state index contributed by atoms with van der Waals surface area (Å²) in [6.07, 6.45) is 1.26. The average molecular weight is 358 g/mol. The van der Waals surface area contributed by atoms with Crippen LogP contribution in [0.15, 0.2) is 46.9 Å². The molecule has 0 radical (unpaired) electrons. The molecule has 0 spiro atoms. The fraction of sp³-hybridized carbons (Fsp3) is 0.250. The Morgan fingerprint density at radius 1 is 1.05 bits per heavy atom. The van der Waals surface area contributed by atoms with Gasteiger partial charge < -0.3 is 5.11 Å². The van der Waals surface area contributed by atoms with Gasteiger partial charge in [-0.1, -0.05) is 41.9 Å². The van der Waals surface area contributed by atoms with E-state index in [4.69, 9.17) is 11.6 Å². The van der Waals surface area contributed by atoms with E-state index in [1.165, 1.54) is 6.07 Å². The molecule has 0 aromatic heterocycles. The summed E-state index contributed by atoms with van der Waals surface area (Å²) in [6, 6.07) is 12.5. The number of aliphatic hydroxyl groups excluding tert-OH is 1. The van der Waals surface area contributed by atoms with Gasteiger partial charge >= 0.3 is 0 Å². The lowest BCUT2D eigenvalue weighted by Crippen LogP contribution is -2.13. The molecule has 2 rings (SSSR count). The molecule has 1 atom stereocenters. The molecule has 20 heavy (non-hydrogen) atoms. The maximum absolute atomic E-state index is 13.5. The maximum atomic E-state index is 13.5. The molecule has 0 aliphatic rings. The number of halogens is 3. The van der Waals surface area contributed by atoms with Crippen LogP contribution < -0.4 is 0 Å². The smallest absolute Gasteiger partial charge is 0.137 e. The number of benzene rings is 2. The molecule has 0 amide bonds. The molecule has 1 nitrogen and oxygen atoms in total. The lowest BCUT2D eigenvalue weighted by molar-refractivity contribution is 0.224. The van der Waals surface area contributed by atoms with E-state index in [0.29, 0.717) is 22.3 Å². The zero-order valence-electron chi connectivity index (χ0n) is 10.8. The highest BCUT2D eigenvalue weighted by Gasteiger charge is 2.14. The van der Waals surface area contributed by atoms with E-state index in [1.54, 1.807) is 6.07 Å². The van der Waals surface area contributed by atoms with Crippen molar-refractivity contribution in [3.63, 3.8) is 0 Å². The summed E-state index contributed by atoms with van der Waals surface area (Å²) in [6.45, 7) is 0.0359. The number of aliphatic hydroxyl groups is 1. The van der Waals surface area contributed by atoms with Crippen molar-refractivity contribution >= 4 is 27.5 Å². The van der Waals surface area contributed by atoms with Crippen LogP contribution in [0.25, 0.3) is 0 Å². The van der Waals surface area contributed by atoms with Crippen LogP contribution in [0.4, 0.5) is 4.39 Å². The molecule has 1 unspecified atom stereocenters. The summed E-state index contributed by atoms with van der Waals surface area (Å²) < 4.78 is 14.0. The summed E-state index contributed by atoms with van der Waals surface area (Å²) in [5, 5.41) is 10.2. The normalized spacial score (nSPS) is 12.4. The second kappa shape index (κ2) is 7.21. The molecular weight excluding hydrogens is 343 g/mol. The largest absolute Gasteiger partial charge is 0.396 e. The predicted molar refractivity (Wildman–Crippen MR) is 83.5 cm³/mol. The van der Waals surface area contributed by atoms with Crippen molar-refractivity contribution in [3.05, 3.63) is 68.9 Å². The first kappa shape index (κ1) is 15.5. The molecule has 1 N–H and O–H groups in total. The molecule has 0 aliphatic carbocycles. The van der Waals surface area contributed by atoms with E-state index in [9.17, 15) is 9.50 Å². The monoisotopic (exact) mass is 356 g/mol. The Morgan fingerprint density at radius 2 is 1.70 bits per heavy atom. The van der Waals surface area contributed by atoms with Crippen LogP contribution in [0.3, 0.4) is 0 Å². The lowest BCUT2D eigenvalue weighted by atomic mass is 9.93. The minimum atomic E-state index is -0.281. The van der Waals surface area contributed by atoms with Crippen LogP contribution in [-0.4, -0.2) is 11.7 Å². The molecule has 0 saturated carbocycles. The Labute approximate surface area is 131 Å². The van der Waals surface area contributed by atoms with Crippen molar-refractivity contribution in [2.24, 2.45) is 5.92 Å². The highest BCUT2D eigenvalue weighted by Crippen LogP contribution is 2.26. The summed E-state index contributed by atoms with van der Waals surface area (Å²) >= 11 is 9.39. The number of rotatable bonds is 5. The van der Waals surface area contributed by atoms with Crippen molar-refractivity contribution in [2.75, 3.05) is 6.61 Å². The van der Waals surface area contributed by atoms with Crippen molar-refractivity contribution in [1.29, 1.82) is 0 Å². The average Bonchev–Trinajstić information content (AvgIpc) is 2.45. The summed E-state index contributed by atoms with van der Waals surface area (Å²) in [7, 11) is 0. The van der Waals surface area contributed by atoms with Gasteiger partial charge in [0.2, 0.25) is 0 Å². The highest BCUT2D eigenvalue weighted by atomic mass is 79.9. The summed E-state index contributed by atoms with van der Waals surface area (Å²) in [5.74, 6) is -0.273. The van der Waals surface area contributed by atoms with E-state index in [0.717, 1.165) is 11.1 Å². The van der Waals surface area contributed by atoms with Crippen LogP contribution in [0.2, 0.25) is 5.02 Å². The second-order valence-corrected chi connectivity index (χ2v) is 5.96. The first-order valence-electron chi connectivity index (χ1n) is 6.39. The van der Waals surface area contributed by atoms with Crippen molar-refractivity contribution in [2.45, 2.75) is 12.8 Å². The lowest BCUT2D eigenvalue weighted by Gasteiger charge is -2.16. The van der Waals surface area contributed by atoms with Gasteiger partial charge in [0.05, 0.1) is 4.47 Å². The standard InChI is InChI=1S/C16H15BrClFO/c17-16-13(5-3-7-15(16)19)9-11(10-20)8-12-4-1-2-6-14(12)18/h1-7,11,20H,8-10H2.